The zero-order valence-corrected chi connectivity index (χ0v) is 20.3. The van der Waals surface area contributed by atoms with Gasteiger partial charge in [0.25, 0.3) is 22.8 Å². The van der Waals surface area contributed by atoms with E-state index in [0.717, 1.165) is 12.0 Å². The number of amides is 1. The molecule has 1 heterocycles. The fourth-order valence-electron chi connectivity index (χ4n) is 2.80. The number of hydrogen-bond acceptors (Lipinski definition) is 5. The maximum atomic E-state index is 12.4. The molecule has 0 radical (unpaired) electrons. The molecule has 176 valence electrons. The molecule has 1 aromatic heterocycles. The average molecular weight is 466 g/mol. The first kappa shape index (κ1) is 27.3. The van der Waals surface area contributed by atoms with Crippen molar-refractivity contribution in [1.82, 2.24) is 4.90 Å². The summed E-state index contributed by atoms with van der Waals surface area (Å²) in [4.78, 5) is 25.9. The van der Waals surface area contributed by atoms with E-state index in [-0.39, 0.29) is 24.5 Å². The molecule has 32 heavy (non-hydrogen) atoms. The quantitative estimate of drug-likeness (QED) is 0.383. The normalized spacial score (nSPS) is 11.9. The molecule has 1 atom stereocenters. The monoisotopic (exact) mass is 465 g/mol. The minimum absolute atomic E-state index is 0.0726. The van der Waals surface area contributed by atoms with E-state index < -0.39 is 10.1 Å². The number of ether oxygens (including phenoxy) is 1. The Morgan fingerprint density at radius 2 is 1.66 bits per heavy atom. The average Bonchev–Trinajstić information content (AvgIpc) is 2.70. The number of nitrogens with zero attached hydrogens (tertiary/aromatic N) is 2. The van der Waals surface area contributed by atoms with Crippen molar-refractivity contribution in [2.75, 3.05) is 20.4 Å². The Balaban J connectivity index is 0.000000920. The molecule has 0 spiro atoms. The molecule has 2 aromatic rings. The van der Waals surface area contributed by atoms with Gasteiger partial charge in [0, 0.05) is 20.2 Å². The lowest BCUT2D eigenvalue weighted by Gasteiger charge is -2.12. The van der Waals surface area contributed by atoms with Crippen LogP contribution >= 0.6 is 0 Å². The number of aromatic nitrogens is 1. The fraction of sp³-hybridized carbons (Fsp3) is 0.435. The van der Waals surface area contributed by atoms with Crippen LogP contribution in [-0.4, -0.2) is 50.1 Å². The van der Waals surface area contributed by atoms with Crippen LogP contribution in [0, 0.1) is 5.92 Å². The highest BCUT2D eigenvalue weighted by molar-refractivity contribution is 7.85. The molecule has 0 bridgehead atoms. The highest BCUT2D eigenvalue weighted by atomic mass is 32.2. The van der Waals surface area contributed by atoms with Crippen LogP contribution in [-0.2, 0) is 32.8 Å². The van der Waals surface area contributed by atoms with Crippen molar-refractivity contribution in [2.45, 2.75) is 39.8 Å². The third kappa shape index (κ3) is 10.5. The molecule has 1 amide bonds. The van der Waals surface area contributed by atoms with E-state index in [1.54, 1.807) is 43.2 Å². The number of esters is 1. The van der Waals surface area contributed by atoms with Crippen molar-refractivity contribution in [3.05, 3.63) is 65.5 Å². The molecule has 0 saturated carbocycles. The smallest absolute Gasteiger partial charge is 0.317 e. The van der Waals surface area contributed by atoms with Gasteiger partial charge in [-0.05, 0) is 36.5 Å². The van der Waals surface area contributed by atoms with Gasteiger partial charge in [0.1, 0.15) is 5.56 Å². The van der Waals surface area contributed by atoms with Gasteiger partial charge in [0.05, 0.1) is 12.2 Å². The summed E-state index contributed by atoms with van der Waals surface area (Å²) < 4.78 is 33.0. The number of benzene rings is 1. The highest BCUT2D eigenvalue weighted by Gasteiger charge is 2.19. The minimum atomic E-state index is -3.67. The molecule has 0 saturated heterocycles. The Bertz CT molecular complexity index is 993. The molecular weight excluding hydrogens is 432 g/mol. The summed E-state index contributed by atoms with van der Waals surface area (Å²) in [5, 5.41) is 0. The van der Waals surface area contributed by atoms with Gasteiger partial charge in [-0.1, -0.05) is 38.1 Å². The van der Waals surface area contributed by atoms with E-state index in [0.29, 0.717) is 17.7 Å². The summed E-state index contributed by atoms with van der Waals surface area (Å²) in [7, 11) is -0.262. The summed E-state index contributed by atoms with van der Waals surface area (Å²) in [6.45, 7) is 6.29. The van der Waals surface area contributed by atoms with E-state index in [1.807, 2.05) is 19.1 Å². The lowest BCUT2D eigenvalue weighted by Crippen LogP contribution is -2.37. The molecule has 0 fully saturated rings. The number of carbonyl (C=O) groups is 2. The number of rotatable bonds is 7. The first-order valence-corrected chi connectivity index (χ1v) is 12.0. The molecule has 1 N–H and O–H groups in total. The first-order chi connectivity index (χ1) is 14.8. The standard InChI is InChI=1S/C22H29N2O3.CH4O3S/c1-16(2)13-18-8-10-19(11-9-18)17(3)22(26)27-15-24-12-6-7-20(14-24)21(25)23(4)5;1-5(2,3)4/h6-12,14,16-17H,13,15H2,1-5H3;1H3,(H,2,3,4)/q+1;. The molecule has 9 heteroatoms. The van der Waals surface area contributed by atoms with Crippen LogP contribution in [0.1, 0.15) is 48.2 Å². The third-order valence-electron chi connectivity index (χ3n) is 4.34. The van der Waals surface area contributed by atoms with Gasteiger partial charge in [0.2, 0.25) is 0 Å². The number of carbonyl (C=O) groups excluding carboxylic acids is 2. The summed E-state index contributed by atoms with van der Waals surface area (Å²) in [6.07, 6.45) is 5.19. The van der Waals surface area contributed by atoms with Gasteiger partial charge < -0.3 is 9.64 Å². The van der Waals surface area contributed by atoms with Crippen molar-refractivity contribution < 1.29 is 31.9 Å². The summed E-state index contributed by atoms with van der Waals surface area (Å²) in [6, 6.07) is 11.6. The van der Waals surface area contributed by atoms with Crippen LogP contribution < -0.4 is 4.57 Å². The van der Waals surface area contributed by atoms with Gasteiger partial charge in [-0.2, -0.15) is 13.0 Å². The van der Waals surface area contributed by atoms with Crippen LogP contribution in [0.2, 0.25) is 0 Å². The summed E-state index contributed by atoms with van der Waals surface area (Å²) >= 11 is 0. The Hall–Kier alpha value is -2.78. The zero-order valence-electron chi connectivity index (χ0n) is 19.5. The number of hydrogen-bond donors (Lipinski definition) is 1. The van der Waals surface area contributed by atoms with E-state index in [1.165, 1.54) is 10.5 Å². The maximum absolute atomic E-state index is 12.4. The van der Waals surface area contributed by atoms with Crippen LogP contribution in [0.25, 0.3) is 0 Å². The van der Waals surface area contributed by atoms with Crippen molar-refractivity contribution >= 4 is 22.0 Å². The van der Waals surface area contributed by atoms with Crippen LogP contribution in [0.4, 0.5) is 0 Å². The van der Waals surface area contributed by atoms with Gasteiger partial charge in [-0.25, -0.2) is 0 Å². The van der Waals surface area contributed by atoms with Gasteiger partial charge >= 0.3 is 5.97 Å². The van der Waals surface area contributed by atoms with Gasteiger partial charge in [-0.3, -0.25) is 14.1 Å². The zero-order chi connectivity index (χ0) is 24.5. The van der Waals surface area contributed by atoms with Crippen LogP contribution in [0.15, 0.2) is 48.8 Å². The van der Waals surface area contributed by atoms with E-state index >= 15 is 0 Å². The summed E-state index contributed by atoms with van der Waals surface area (Å²) in [5.41, 5.74) is 2.76. The lowest BCUT2D eigenvalue weighted by molar-refractivity contribution is -0.727. The molecule has 0 aliphatic carbocycles. The van der Waals surface area contributed by atoms with E-state index in [9.17, 15) is 18.0 Å². The van der Waals surface area contributed by atoms with E-state index in [2.05, 4.69) is 26.0 Å². The second kappa shape index (κ2) is 12.3. The van der Waals surface area contributed by atoms with E-state index in [4.69, 9.17) is 9.29 Å². The Morgan fingerprint density at radius 1 is 1.09 bits per heavy atom. The van der Waals surface area contributed by atoms with Crippen LogP contribution in [0.3, 0.4) is 0 Å². The third-order valence-corrected chi connectivity index (χ3v) is 4.34. The Morgan fingerprint density at radius 3 is 2.16 bits per heavy atom. The second-order valence-electron chi connectivity index (χ2n) is 8.19. The SMILES string of the molecule is CC(C)Cc1ccc(C(C)C(=O)OC[n+]2cccc(C(=O)N(C)C)c2)cc1.CS(=O)(=O)O. The van der Waals surface area contributed by atoms with Gasteiger partial charge in [0.15, 0.2) is 12.4 Å². The van der Waals surface area contributed by atoms with Crippen molar-refractivity contribution in [2.24, 2.45) is 5.92 Å². The maximum Gasteiger partial charge on any atom is 0.317 e. The predicted octanol–water partition coefficient (Wildman–Crippen LogP) is 2.68. The topological polar surface area (TPSA) is 105 Å². The molecule has 0 aliphatic heterocycles. The van der Waals surface area contributed by atoms with Crippen LogP contribution in [0.5, 0.6) is 0 Å². The summed E-state index contributed by atoms with van der Waals surface area (Å²) in [5.74, 6) is -0.121. The molecule has 8 nitrogen and oxygen atoms in total. The second-order valence-corrected chi connectivity index (χ2v) is 9.66. The predicted molar refractivity (Wildman–Crippen MR) is 122 cm³/mol. The highest BCUT2D eigenvalue weighted by Crippen LogP contribution is 2.19. The van der Waals surface area contributed by atoms with Gasteiger partial charge in [-0.15, -0.1) is 0 Å². The van der Waals surface area contributed by atoms with Crippen molar-refractivity contribution in [3.8, 4) is 0 Å². The largest absolute Gasteiger partial charge is 0.404 e. The molecular formula is C23H33N2O6S+. The van der Waals surface area contributed by atoms with Crippen molar-refractivity contribution in [3.63, 3.8) is 0 Å². The lowest BCUT2D eigenvalue weighted by atomic mass is 9.97. The molecule has 2 rings (SSSR count). The Kier molecular flexibility index (Phi) is 10.5. The Labute approximate surface area is 190 Å². The molecule has 1 aromatic carbocycles. The fourth-order valence-corrected chi connectivity index (χ4v) is 2.80. The molecule has 1 unspecified atom stereocenters. The first-order valence-electron chi connectivity index (χ1n) is 10.2. The minimum Gasteiger partial charge on any atom is -0.404 e. The molecule has 0 aliphatic rings. The number of pyridine rings is 1. The van der Waals surface area contributed by atoms with Crippen molar-refractivity contribution in [1.29, 1.82) is 0 Å².